The molecule has 28 heavy (non-hydrogen) atoms. The van der Waals surface area contributed by atoms with Crippen LogP contribution in [0.4, 0.5) is 0 Å². The van der Waals surface area contributed by atoms with Crippen LogP contribution in [0.25, 0.3) is 11.0 Å². The third kappa shape index (κ3) is 2.97. The minimum Gasteiger partial charge on any atom is -0.454 e. The largest absolute Gasteiger partial charge is 0.454 e. The number of likely N-dealkylation sites (tertiary alicyclic amines) is 1. The van der Waals surface area contributed by atoms with Gasteiger partial charge in [0.2, 0.25) is 6.79 Å². The first-order valence-electron chi connectivity index (χ1n) is 9.53. The van der Waals surface area contributed by atoms with Crippen molar-refractivity contribution < 1.29 is 14.3 Å². The van der Waals surface area contributed by atoms with E-state index in [1.165, 1.54) is 0 Å². The number of para-hydroxylation sites is 2. The van der Waals surface area contributed by atoms with Crippen molar-refractivity contribution in [1.29, 1.82) is 0 Å². The summed E-state index contributed by atoms with van der Waals surface area (Å²) in [5.41, 5.74) is 2.39. The molecule has 1 aromatic heterocycles. The topological polar surface area (TPSA) is 76.6 Å². The highest BCUT2D eigenvalue weighted by Crippen LogP contribution is 2.33. The molecule has 3 heterocycles. The maximum absolute atomic E-state index is 12.7. The number of nitrogens with one attached hydrogen (secondary N) is 1. The first-order chi connectivity index (χ1) is 13.7. The van der Waals surface area contributed by atoms with Gasteiger partial charge in [-0.1, -0.05) is 12.1 Å². The van der Waals surface area contributed by atoms with Gasteiger partial charge in [-0.15, -0.1) is 0 Å². The highest BCUT2D eigenvalue weighted by molar-refractivity contribution is 5.98. The number of aromatic amines is 1. The zero-order valence-electron chi connectivity index (χ0n) is 15.4. The Morgan fingerprint density at radius 3 is 2.71 bits per heavy atom. The highest BCUT2D eigenvalue weighted by Gasteiger charge is 2.25. The molecule has 0 saturated carbocycles. The Morgan fingerprint density at radius 2 is 1.86 bits per heavy atom. The van der Waals surface area contributed by atoms with Crippen molar-refractivity contribution in [1.82, 2.24) is 14.5 Å². The molecule has 3 aromatic rings. The van der Waals surface area contributed by atoms with Gasteiger partial charge < -0.3 is 14.5 Å². The molecule has 2 aliphatic rings. The number of carbonyl (C=O) groups excluding carboxylic acids is 1. The molecule has 0 amide bonds. The molecule has 0 unspecified atom stereocenters. The molecule has 0 spiro atoms. The summed E-state index contributed by atoms with van der Waals surface area (Å²) in [4.78, 5) is 30.1. The molecule has 0 radical (unpaired) electrons. The Labute approximate surface area is 161 Å². The van der Waals surface area contributed by atoms with Crippen LogP contribution in [-0.4, -0.2) is 46.7 Å². The van der Waals surface area contributed by atoms with Gasteiger partial charge in [0.1, 0.15) is 0 Å². The van der Waals surface area contributed by atoms with Crippen LogP contribution in [0, 0.1) is 0 Å². The van der Waals surface area contributed by atoms with E-state index in [0.29, 0.717) is 23.6 Å². The summed E-state index contributed by atoms with van der Waals surface area (Å²) in [6.45, 7) is 2.14. The van der Waals surface area contributed by atoms with Crippen molar-refractivity contribution >= 4 is 16.8 Å². The van der Waals surface area contributed by atoms with Crippen molar-refractivity contribution in [3.63, 3.8) is 0 Å². The van der Waals surface area contributed by atoms with Gasteiger partial charge in [0, 0.05) is 24.7 Å². The minimum absolute atomic E-state index is 0.0592. The summed E-state index contributed by atoms with van der Waals surface area (Å²) < 4.78 is 12.5. The van der Waals surface area contributed by atoms with E-state index in [0.717, 1.165) is 37.0 Å². The number of rotatable bonds is 4. The van der Waals surface area contributed by atoms with Gasteiger partial charge in [-0.25, -0.2) is 4.79 Å². The number of ketones is 1. The number of benzene rings is 2. The Kier molecular flexibility index (Phi) is 4.16. The van der Waals surface area contributed by atoms with Gasteiger partial charge >= 0.3 is 5.69 Å². The molecule has 1 N–H and O–H groups in total. The van der Waals surface area contributed by atoms with E-state index in [2.05, 4.69) is 9.88 Å². The van der Waals surface area contributed by atoms with Crippen molar-refractivity contribution in [2.24, 2.45) is 0 Å². The molecule has 2 aromatic carbocycles. The van der Waals surface area contributed by atoms with Crippen molar-refractivity contribution in [3.8, 4) is 11.5 Å². The Bertz CT molecular complexity index is 1090. The quantitative estimate of drug-likeness (QED) is 0.705. The summed E-state index contributed by atoms with van der Waals surface area (Å²) in [6.07, 6.45) is 1.69. The number of imidazole rings is 1. The molecule has 7 nitrogen and oxygen atoms in total. The number of hydrogen-bond donors (Lipinski definition) is 1. The van der Waals surface area contributed by atoms with Crippen molar-refractivity contribution in [3.05, 3.63) is 58.5 Å². The van der Waals surface area contributed by atoms with Gasteiger partial charge in [0.25, 0.3) is 0 Å². The maximum Gasteiger partial charge on any atom is 0.326 e. The third-order valence-corrected chi connectivity index (χ3v) is 5.61. The van der Waals surface area contributed by atoms with E-state index in [1.54, 1.807) is 18.2 Å². The predicted molar refractivity (Wildman–Crippen MR) is 104 cm³/mol. The summed E-state index contributed by atoms with van der Waals surface area (Å²) in [7, 11) is 0. The van der Waals surface area contributed by atoms with Crippen LogP contribution in [0.3, 0.4) is 0 Å². The van der Waals surface area contributed by atoms with Crippen molar-refractivity contribution in [2.45, 2.75) is 18.9 Å². The predicted octanol–water partition coefficient (Wildman–Crippen LogP) is 2.58. The Hall–Kier alpha value is -3.06. The second-order valence-electron chi connectivity index (χ2n) is 7.32. The number of nitrogens with zero attached hydrogens (tertiary/aromatic N) is 2. The fourth-order valence-corrected chi connectivity index (χ4v) is 4.14. The highest BCUT2D eigenvalue weighted by atomic mass is 16.7. The maximum atomic E-state index is 12.7. The van der Waals surface area contributed by atoms with Gasteiger partial charge in [0.15, 0.2) is 17.3 Å². The Morgan fingerprint density at radius 1 is 1.07 bits per heavy atom. The second-order valence-corrected chi connectivity index (χ2v) is 7.32. The zero-order chi connectivity index (χ0) is 19.1. The van der Waals surface area contributed by atoms with Crippen LogP contribution in [0.5, 0.6) is 11.5 Å². The molecule has 7 heteroatoms. The summed E-state index contributed by atoms with van der Waals surface area (Å²) in [5.74, 6) is 1.38. The molecule has 1 saturated heterocycles. The number of hydrogen-bond acceptors (Lipinski definition) is 5. The fourth-order valence-electron chi connectivity index (χ4n) is 4.14. The van der Waals surface area contributed by atoms with Gasteiger partial charge in [-0.3, -0.25) is 14.3 Å². The smallest absolute Gasteiger partial charge is 0.326 e. The zero-order valence-corrected chi connectivity index (χ0v) is 15.4. The van der Waals surface area contributed by atoms with Crippen molar-refractivity contribution in [2.75, 3.05) is 26.4 Å². The van der Waals surface area contributed by atoms with Crippen LogP contribution >= 0.6 is 0 Å². The normalized spacial score (nSPS) is 17.3. The molecule has 0 aliphatic carbocycles. The monoisotopic (exact) mass is 379 g/mol. The summed E-state index contributed by atoms with van der Waals surface area (Å²) >= 11 is 0. The number of H-pyrrole nitrogens is 1. The molecule has 2 aliphatic heterocycles. The molecule has 0 atom stereocenters. The van der Waals surface area contributed by atoms with E-state index in [4.69, 9.17) is 9.47 Å². The minimum atomic E-state index is -0.0592. The summed E-state index contributed by atoms with van der Waals surface area (Å²) in [5, 5.41) is 0. The lowest BCUT2D eigenvalue weighted by molar-refractivity contribution is 0.0897. The van der Waals surface area contributed by atoms with Gasteiger partial charge in [-0.2, -0.15) is 0 Å². The van der Waals surface area contributed by atoms with Gasteiger partial charge in [-0.05, 0) is 43.2 Å². The Balaban J connectivity index is 1.25. The average Bonchev–Trinajstić information content (AvgIpc) is 3.31. The first-order valence-corrected chi connectivity index (χ1v) is 9.53. The number of ether oxygens (including phenoxy) is 2. The first kappa shape index (κ1) is 17.1. The lowest BCUT2D eigenvalue weighted by Gasteiger charge is -2.32. The van der Waals surface area contributed by atoms with Gasteiger partial charge in [0.05, 0.1) is 17.6 Å². The fraction of sp³-hybridized carbons (Fsp3) is 0.333. The second kappa shape index (κ2) is 6.83. The molecule has 1 fully saturated rings. The van der Waals surface area contributed by atoms with E-state index in [9.17, 15) is 9.59 Å². The molecule has 144 valence electrons. The van der Waals surface area contributed by atoms with Crippen LogP contribution in [0.1, 0.15) is 29.2 Å². The number of aromatic nitrogens is 2. The standard InChI is InChI=1S/C21H21N3O4/c25-18(14-5-6-19-20(11-14)28-13-27-19)12-23-9-7-15(8-10-23)24-17-4-2-1-3-16(17)22-21(24)26/h1-6,11,15H,7-10,12-13H2,(H,22,26). The number of Topliss-reactive ketones (excluding diaryl/α,β-unsaturated/α-hetero) is 1. The SMILES string of the molecule is O=C(CN1CCC(n2c(=O)[nH]c3ccccc32)CC1)c1ccc2c(c1)OCO2. The molecule has 5 rings (SSSR count). The van der Waals surface area contributed by atoms with E-state index < -0.39 is 0 Å². The molecular formula is C21H21N3O4. The van der Waals surface area contributed by atoms with Crippen LogP contribution < -0.4 is 15.2 Å². The molecule has 0 bridgehead atoms. The molecular weight excluding hydrogens is 358 g/mol. The average molecular weight is 379 g/mol. The lowest BCUT2D eigenvalue weighted by Crippen LogP contribution is -2.39. The third-order valence-electron chi connectivity index (χ3n) is 5.61. The van der Waals surface area contributed by atoms with E-state index in [1.807, 2.05) is 28.8 Å². The number of carbonyl (C=O) groups is 1. The summed E-state index contributed by atoms with van der Waals surface area (Å²) in [6, 6.07) is 13.2. The number of fused-ring (bicyclic) bond motifs is 2. The van der Waals surface area contributed by atoms with E-state index >= 15 is 0 Å². The van der Waals surface area contributed by atoms with Crippen LogP contribution in [0.15, 0.2) is 47.3 Å². The lowest BCUT2D eigenvalue weighted by atomic mass is 10.0. The van der Waals surface area contributed by atoms with Crippen LogP contribution in [-0.2, 0) is 0 Å². The van der Waals surface area contributed by atoms with E-state index in [-0.39, 0.29) is 24.3 Å². The van der Waals surface area contributed by atoms with Crippen LogP contribution in [0.2, 0.25) is 0 Å². The number of piperidine rings is 1.